The number of aliphatic hydroxyl groups is 1. The molecule has 2 rings (SSSR count). The lowest BCUT2D eigenvalue weighted by Crippen LogP contribution is -2.11. The predicted molar refractivity (Wildman–Crippen MR) is 49.8 cm³/mol. The van der Waals surface area contributed by atoms with Gasteiger partial charge in [-0.1, -0.05) is 0 Å². The molecule has 0 atom stereocenters. The van der Waals surface area contributed by atoms with Crippen LogP contribution in [0.5, 0.6) is 0 Å². The molecule has 5 nitrogen and oxygen atoms in total. The number of aromatic nitrogens is 3. The van der Waals surface area contributed by atoms with Gasteiger partial charge in [-0.3, -0.25) is 0 Å². The normalized spacial score (nSPS) is 16.1. The van der Waals surface area contributed by atoms with Crippen LogP contribution in [-0.2, 0) is 17.9 Å². The summed E-state index contributed by atoms with van der Waals surface area (Å²) >= 11 is 0. The third-order valence-electron chi connectivity index (χ3n) is 2.46. The minimum Gasteiger partial charge on any atom is -0.388 e. The van der Waals surface area contributed by atoms with Crippen molar-refractivity contribution in [1.82, 2.24) is 14.8 Å². The summed E-state index contributed by atoms with van der Waals surface area (Å²) in [6.07, 6.45) is 2.38. The Morgan fingerprint density at radius 3 is 2.86 bits per heavy atom. The van der Waals surface area contributed by atoms with Crippen LogP contribution < -0.4 is 0 Å². The Morgan fingerprint density at radius 1 is 1.50 bits per heavy atom. The fourth-order valence-electron chi connectivity index (χ4n) is 1.54. The summed E-state index contributed by atoms with van der Waals surface area (Å²) in [4.78, 5) is 0. The molecular weight excluding hydrogens is 182 g/mol. The molecule has 1 aliphatic rings. The first-order chi connectivity index (χ1) is 6.86. The fourth-order valence-corrected chi connectivity index (χ4v) is 1.54. The highest BCUT2D eigenvalue weighted by atomic mass is 16.5. The molecule has 0 amide bonds. The summed E-state index contributed by atoms with van der Waals surface area (Å²) < 4.78 is 6.99. The minimum absolute atomic E-state index is 0.0521. The second-order valence-corrected chi connectivity index (χ2v) is 3.55. The van der Waals surface area contributed by atoms with Crippen molar-refractivity contribution < 1.29 is 9.84 Å². The number of ether oxygens (including phenoxy) is 1. The highest BCUT2D eigenvalue weighted by Gasteiger charge is 2.29. The maximum atomic E-state index is 9.07. The first kappa shape index (κ1) is 9.61. The van der Waals surface area contributed by atoms with Gasteiger partial charge >= 0.3 is 0 Å². The van der Waals surface area contributed by atoms with Crippen LogP contribution in [0.3, 0.4) is 0 Å². The maximum Gasteiger partial charge on any atom is 0.158 e. The van der Waals surface area contributed by atoms with Gasteiger partial charge in [-0.25, -0.2) is 0 Å². The fraction of sp³-hybridized carbons (Fsp3) is 0.778. The Kier molecular flexibility index (Phi) is 2.79. The number of hydrogen-bond donors (Lipinski definition) is 1. The highest BCUT2D eigenvalue weighted by Crippen LogP contribution is 2.39. The quantitative estimate of drug-likeness (QED) is 0.737. The van der Waals surface area contributed by atoms with E-state index in [1.807, 2.05) is 4.57 Å². The molecule has 1 N–H and O–H groups in total. The van der Waals surface area contributed by atoms with E-state index >= 15 is 0 Å². The van der Waals surface area contributed by atoms with E-state index in [0.29, 0.717) is 18.3 Å². The van der Waals surface area contributed by atoms with Gasteiger partial charge in [-0.15, -0.1) is 10.2 Å². The van der Waals surface area contributed by atoms with E-state index in [-0.39, 0.29) is 6.61 Å². The molecule has 0 aromatic carbocycles. The number of hydrogen-bond acceptors (Lipinski definition) is 4. The SMILES string of the molecule is COCCn1c(CO)nnc1C1CC1. The summed E-state index contributed by atoms with van der Waals surface area (Å²) in [5.74, 6) is 2.20. The molecule has 14 heavy (non-hydrogen) atoms. The van der Waals surface area contributed by atoms with Gasteiger partial charge in [-0.05, 0) is 12.8 Å². The lowest BCUT2D eigenvalue weighted by atomic mass is 10.4. The smallest absolute Gasteiger partial charge is 0.158 e. The third kappa shape index (κ3) is 1.78. The van der Waals surface area contributed by atoms with E-state index < -0.39 is 0 Å². The van der Waals surface area contributed by atoms with Crippen molar-refractivity contribution in [2.24, 2.45) is 0 Å². The van der Waals surface area contributed by atoms with Crippen LogP contribution >= 0.6 is 0 Å². The lowest BCUT2D eigenvalue weighted by Gasteiger charge is -2.07. The molecule has 0 spiro atoms. The van der Waals surface area contributed by atoms with Crippen LogP contribution in [0, 0.1) is 0 Å². The van der Waals surface area contributed by atoms with Gasteiger partial charge in [0.15, 0.2) is 5.82 Å². The summed E-state index contributed by atoms with van der Waals surface area (Å²) in [5.41, 5.74) is 0. The summed E-state index contributed by atoms with van der Waals surface area (Å²) in [7, 11) is 1.67. The van der Waals surface area contributed by atoms with Crippen molar-refractivity contribution in [2.45, 2.75) is 31.9 Å². The second-order valence-electron chi connectivity index (χ2n) is 3.55. The zero-order valence-corrected chi connectivity index (χ0v) is 8.31. The van der Waals surface area contributed by atoms with Gasteiger partial charge in [0, 0.05) is 19.6 Å². The van der Waals surface area contributed by atoms with Crippen LogP contribution in [-0.4, -0.2) is 33.6 Å². The topological polar surface area (TPSA) is 60.2 Å². The maximum absolute atomic E-state index is 9.07. The average Bonchev–Trinajstić information content (AvgIpc) is 2.96. The Labute approximate surface area is 82.7 Å². The Hall–Kier alpha value is -0.940. The van der Waals surface area contributed by atoms with Crippen molar-refractivity contribution in [1.29, 1.82) is 0 Å². The molecule has 1 saturated carbocycles. The molecule has 0 bridgehead atoms. The lowest BCUT2D eigenvalue weighted by molar-refractivity contribution is 0.181. The van der Waals surface area contributed by atoms with Gasteiger partial charge in [0.05, 0.1) is 6.61 Å². The Balaban J connectivity index is 2.17. The summed E-state index contributed by atoms with van der Waals surface area (Å²) in [6.45, 7) is 1.30. The standard InChI is InChI=1S/C9H15N3O2/c1-14-5-4-12-8(6-13)10-11-9(12)7-2-3-7/h7,13H,2-6H2,1H3. The van der Waals surface area contributed by atoms with Crippen molar-refractivity contribution in [3.05, 3.63) is 11.6 Å². The number of nitrogens with zero attached hydrogens (tertiary/aromatic N) is 3. The number of aliphatic hydroxyl groups excluding tert-OH is 1. The molecule has 0 saturated heterocycles. The number of methoxy groups -OCH3 is 1. The van der Waals surface area contributed by atoms with Crippen LogP contribution in [0.15, 0.2) is 0 Å². The minimum atomic E-state index is -0.0521. The van der Waals surface area contributed by atoms with Crippen LogP contribution in [0.2, 0.25) is 0 Å². The van der Waals surface area contributed by atoms with Crippen molar-refractivity contribution in [3.8, 4) is 0 Å². The first-order valence-corrected chi connectivity index (χ1v) is 4.88. The molecule has 0 unspecified atom stereocenters. The molecule has 5 heteroatoms. The van der Waals surface area contributed by atoms with E-state index in [0.717, 1.165) is 12.4 Å². The van der Waals surface area contributed by atoms with Gasteiger partial charge < -0.3 is 14.4 Å². The molecule has 1 heterocycles. The molecule has 1 aromatic rings. The van der Waals surface area contributed by atoms with E-state index in [4.69, 9.17) is 9.84 Å². The Morgan fingerprint density at radius 2 is 2.29 bits per heavy atom. The van der Waals surface area contributed by atoms with Crippen molar-refractivity contribution >= 4 is 0 Å². The monoisotopic (exact) mass is 197 g/mol. The first-order valence-electron chi connectivity index (χ1n) is 4.88. The molecule has 1 fully saturated rings. The average molecular weight is 197 g/mol. The van der Waals surface area contributed by atoms with Gasteiger partial charge in [-0.2, -0.15) is 0 Å². The number of rotatable bonds is 5. The van der Waals surface area contributed by atoms with Gasteiger partial charge in [0.25, 0.3) is 0 Å². The van der Waals surface area contributed by atoms with Crippen LogP contribution in [0.25, 0.3) is 0 Å². The van der Waals surface area contributed by atoms with E-state index in [2.05, 4.69) is 10.2 Å². The second kappa shape index (κ2) is 4.06. The molecule has 1 aliphatic carbocycles. The molecule has 0 aliphatic heterocycles. The van der Waals surface area contributed by atoms with E-state index in [1.165, 1.54) is 12.8 Å². The van der Waals surface area contributed by atoms with E-state index in [1.54, 1.807) is 7.11 Å². The molecule has 78 valence electrons. The summed E-state index contributed by atoms with van der Waals surface area (Å²) in [6, 6.07) is 0. The van der Waals surface area contributed by atoms with Crippen molar-refractivity contribution in [3.63, 3.8) is 0 Å². The largest absolute Gasteiger partial charge is 0.388 e. The molecule has 1 aromatic heterocycles. The molecule has 0 radical (unpaired) electrons. The van der Waals surface area contributed by atoms with Gasteiger partial charge in [0.2, 0.25) is 0 Å². The van der Waals surface area contributed by atoms with Crippen LogP contribution in [0.1, 0.15) is 30.4 Å². The highest BCUT2D eigenvalue weighted by molar-refractivity contribution is 5.08. The van der Waals surface area contributed by atoms with Crippen LogP contribution in [0.4, 0.5) is 0 Å². The zero-order valence-electron chi connectivity index (χ0n) is 8.31. The van der Waals surface area contributed by atoms with Crippen molar-refractivity contribution in [2.75, 3.05) is 13.7 Å². The zero-order chi connectivity index (χ0) is 9.97. The summed E-state index contributed by atoms with van der Waals surface area (Å²) in [5, 5.41) is 17.1. The Bertz CT molecular complexity index is 307. The molecular formula is C9H15N3O2. The third-order valence-corrected chi connectivity index (χ3v) is 2.46. The predicted octanol–water partition coefficient (Wildman–Crippen LogP) is 0.294. The van der Waals surface area contributed by atoms with E-state index in [9.17, 15) is 0 Å². The van der Waals surface area contributed by atoms with Gasteiger partial charge in [0.1, 0.15) is 12.4 Å².